The molecule has 184 valence electrons. The normalized spacial score (nSPS) is 23.7. The lowest BCUT2D eigenvalue weighted by Gasteiger charge is -2.28. The van der Waals surface area contributed by atoms with Gasteiger partial charge in [0, 0.05) is 24.7 Å². The van der Waals surface area contributed by atoms with Crippen molar-refractivity contribution in [2.24, 2.45) is 0 Å². The maximum atomic E-state index is 13.2. The van der Waals surface area contributed by atoms with Crippen molar-refractivity contribution in [2.45, 2.75) is 30.9 Å². The smallest absolute Gasteiger partial charge is 0.254 e. The molecule has 11 heteroatoms. The number of nitrogens with one attached hydrogen (secondary N) is 1. The highest BCUT2D eigenvalue weighted by Crippen LogP contribution is 2.39. The lowest BCUT2D eigenvalue weighted by molar-refractivity contribution is -0.127. The minimum Gasteiger partial charge on any atom is -0.497 e. The molecule has 2 N–H and O–H groups in total. The van der Waals surface area contributed by atoms with Crippen molar-refractivity contribution in [1.82, 2.24) is 15.2 Å². The average molecular weight is 490 g/mol. The van der Waals surface area contributed by atoms with Gasteiger partial charge in [-0.1, -0.05) is 6.07 Å². The maximum absolute atomic E-state index is 13.2. The number of aromatic nitrogens is 1. The number of hydrogen-bond donors (Lipinski definition) is 2. The molecule has 0 bridgehead atoms. The molecule has 0 aliphatic carbocycles. The van der Waals surface area contributed by atoms with Gasteiger partial charge in [-0.25, -0.2) is 4.98 Å². The zero-order valence-corrected chi connectivity index (χ0v) is 19.3. The summed E-state index contributed by atoms with van der Waals surface area (Å²) in [5.74, 6) is -0.397. The summed E-state index contributed by atoms with van der Waals surface area (Å²) in [4.78, 5) is 58.3. The van der Waals surface area contributed by atoms with Crippen LogP contribution in [0.4, 0.5) is 5.82 Å². The van der Waals surface area contributed by atoms with Crippen LogP contribution < -0.4 is 15.0 Å². The van der Waals surface area contributed by atoms with E-state index >= 15 is 0 Å². The lowest BCUT2D eigenvalue weighted by atomic mass is 9.82. The number of aliphatic hydroxyl groups is 1. The number of β-amino-alcohol motifs (C(OH)–C–C–N with tert-alkyl or cyclic N) is 1. The number of nitrogens with zero attached hydrogens (tertiary/aromatic N) is 3. The fourth-order valence-corrected chi connectivity index (χ4v) is 5.18. The number of hydrogen-bond acceptors (Lipinski definition) is 8. The number of amides is 4. The first-order valence-corrected chi connectivity index (χ1v) is 11.5. The second-order valence-corrected chi connectivity index (χ2v) is 9.35. The quantitative estimate of drug-likeness (QED) is 0.502. The first kappa shape index (κ1) is 22.2. The minimum atomic E-state index is -1.43. The number of imide groups is 1. The molecule has 0 radical (unpaired) electrons. The number of carbonyl (C=O) groups excluding carboxylic acids is 4. The first-order chi connectivity index (χ1) is 17.3. The molecule has 36 heavy (non-hydrogen) atoms. The van der Waals surface area contributed by atoms with Crippen molar-refractivity contribution >= 4 is 40.5 Å². The Labute approximate surface area is 204 Å². The van der Waals surface area contributed by atoms with Gasteiger partial charge in [0.15, 0.2) is 5.58 Å². The van der Waals surface area contributed by atoms with Crippen LogP contribution in [0.2, 0.25) is 0 Å². The monoisotopic (exact) mass is 490 g/mol. The molecule has 2 fully saturated rings. The number of fused-ring (bicyclic) bond motifs is 2. The number of aliphatic hydroxyl groups excluding tert-OH is 1. The molecule has 3 aliphatic rings. The summed E-state index contributed by atoms with van der Waals surface area (Å²) in [7, 11) is 1.52. The third-order valence-corrected chi connectivity index (χ3v) is 7.02. The van der Waals surface area contributed by atoms with E-state index in [9.17, 15) is 24.3 Å². The number of furan rings is 1. The molecule has 1 aromatic carbocycles. The SMILES string of the molecule is COc1ccc2c(c1)C(=O)N(C[C@@]1(c3cc4nc(N5C[C@@H](O)CC5=O)ccc4o3)CC(=O)NC1=O)C2. The van der Waals surface area contributed by atoms with E-state index in [1.54, 1.807) is 30.3 Å². The zero-order chi connectivity index (χ0) is 25.2. The highest BCUT2D eigenvalue weighted by Gasteiger charge is 2.53. The molecule has 2 aromatic heterocycles. The van der Waals surface area contributed by atoms with E-state index in [2.05, 4.69) is 10.3 Å². The van der Waals surface area contributed by atoms with Gasteiger partial charge in [0.05, 0.1) is 32.6 Å². The van der Waals surface area contributed by atoms with E-state index in [1.807, 2.05) is 6.07 Å². The van der Waals surface area contributed by atoms with E-state index < -0.39 is 23.3 Å². The average Bonchev–Trinajstić information content (AvgIpc) is 3.58. The second kappa shape index (κ2) is 7.89. The Morgan fingerprint density at radius 2 is 2.03 bits per heavy atom. The van der Waals surface area contributed by atoms with Crippen LogP contribution in [0.25, 0.3) is 11.1 Å². The topological polar surface area (TPSA) is 142 Å². The Morgan fingerprint density at radius 1 is 1.19 bits per heavy atom. The number of carbonyl (C=O) groups is 4. The van der Waals surface area contributed by atoms with Crippen molar-refractivity contribution in [3.63, 3.8) is 0 Å². The minimum absolute atomic E-state index is 0.0277. The van der Waals surface area contributed by atoms with Crippen LogP contribution in [0.5, 0.6) is 5.75 Å². The van der Waals surface area contributed by atoms with Crippen molar-refractivity contribution < 1.29 is 33.4 Å². The van der Waals surface area contributed by atoms with Crippen LogP contribution in [-0.4, -0.2) is 64.9 Å². The van der Waals surface area contributed by atoms with Crippen LogP contribution in [0, 0.1) is 0 Å². The van der Waals surface area contributed by atoms with Gasteiger partial charge in [-0.3, -0.25) is 29.4 Å². The van der Waals surface area contributed by atoms with E-state index in [0.717, 1.165) is 5.56 Å². The molecule has 11 nitrogen and oxygen atoms in total. The summed E-state index contributed by atoms with van der Waals surface area (Å²) in [6.45, 7) is 0.360. The third kappa shape index (κ3) is 3.34. The molecule has 3 aliphatic heterocycles. The van der Waals surface area contributed by atoms with Crippen LogP contribution >= 0.6 is 0 Å². The van der Waals surface area contributed by atoms with Gasteiger partial charge in [0.2, 0.25) is 17.7 Å². The van der Waals surface area contributed by atoms with E-state index in [0.29, 0.717) is 28.2 Å². The number of anilines is 1. The molecular weight excluding hydrogens is 468 g/mol. The van der Waals surface area contributed by atoms with E-state index in [4.69, 9.17) is 9.15 Å². The molecule has 2 atom stereocenters. The predicted octanol–water partition coefficient (Wildman–Crippen LogP) is 0.874. The molecule has 5 heterocycles. The van der Waals surface area contributed by atoms with Gasteiger partial charge >= 0.3 is 0 Å². The van der Waals surface area contributed by atoms with Crippen molar-refractivity contribution in [2.75, 3.05) is 25.1 Å². The molecule has 6 rings (SSSR count). The summed E-state index contributed by atoms with van der Waals surface area (Å²) in [5.41, 5.74) is 0.619. The Morgan fingerprint density at radius 3 is 2.72 bits per heavy atom. The summed E-state index contributed by atoms with van der Waals surface area (Å²) < 4.78 is 11.2. The fraction of sp³-hybridized carbons (Fsp3) is 0.320. The number of methoxy groups -OCH3 is 1. The second-order valence-electron chi connectivity index (χ2n) is 9.35. The Kier molecular flexibility index (Phi) is 4.87. The Balaban J connectivity index is 1.36. The van der Waals surface area contributed by atoms with Crippen molar-refractivity contribution in [3.8, 4) is 5.75 Å². The summed E-state index contributed by atoms with van der Waals surface area (Å²) in [5, 5.41) is 12.2. The zero-order valence-electron chi connectivity index (χ0n) is 19.3. The molecular formula is C25H22N4O7. The predicted molar refractivity (Wildman–Crippen MR) is 124 cm³/mol. The fourth-order valence-electron chi connectivity index (χ4n) is 5.18. The molecule has 0 unspecified atom stereocenters. The van der Waals surface area contributed by atoms with Gasteiger partial charge in [0.25, 0.3) is 5.91 Å². The number of pyridine rings is 1. The molecule has 0 spiro atoms. The molecule has 3 aromatic rings. The Bertz CT molecular complexity index is 1460. The van der Waals surface area contributed by atoms with Gasteiger partial charge in [-0.15, -0.1) is 0 Å². The van der Waals surface area contributed by atoms with Crippen molar-refractivity contribution in [3.05, 3.63) is 53.3 Å². The summed E-state index contributed by atoms with van der Waals surface area (Å²) in [6, 6.07) is 10.0. The standard InChI is InChI=1S/C25H22N4O7/c1-35-15-3-2-13-10-28(23(33)16(13)7-15)12-25(9-21(31)27-24(25)34)19-8-17-18(36-19)4-5-20(26-17)29-11-14(30)6-22(29)32/h2-5,7-8,14,30H,6,9-12H2,1H3,(H,27,31,34)/t14-,25+/m0/s1. The van der Waals surface area contributed by atoms with Crippen LogP contribution in [0.1, 0.15) is 34.5 Å². The maximum Gasteiger partial charge on any atom is 0.254 e. The lowest BCUT2D eigenvalue weighted by Crippen LogP contribution is -2.46. The van der Waals surface area contributed by atoms with E-state index in [1.165, 1.54) is 16.9 Å². The number of benzene rings is 1. The van der Waals surface area contributed by atoms with Gasteiger partial charge in [-0.05, 0) is 29.8 Å². The molecule has 4 amide bonds. The van der Waals surface area contributed by atoms with Gasteiger partial charge < -0.3 is 19.2 Å². The van der Waals surface area contributed by atoms with E-state index in [-0.39, 0.29) is 50.1 Å². The van der Waals surface area contributed by atoms with Crippen LogP contribution in [0.15, 0.2) is 40.8 Å². The molecule has 2 saturated heterocycles. The largest absolute Gasteiger partial charge is 0.497 e. The first-order valence-electron chi connectivity index (χ1n) is 11.5. The highest BCUT2D eigenvalue weighted by atomic mass is 16.5. The summed E-state index contributed by atoms with van der Waals surface area (Å²) >= 11 is 0. The highest BCUT2D eigenvalue weighted by molar-refractivity contribution is 6.10. The van der Waals surface area contributed by atoms with Crippen molar-refractivity contribution in [1.29, 1.82) is 0 Å². The van der Waals surface area contributed by atoms with Crippen LogP contribution in [0.3, 0.4) is 0 Å². The van der Waals surface area contributed by atoms with Gasteiger partial charge in [0.1, 0.15) is 28.3 Å². The number of ether oxygens (including phenoxy) is 1. The molecule has 0 saturated carbocycles. The van der Waals surface area contributed by atoms with Crippen LogP contribution in [-0.2, 0) is 26.3 Å². The third-order valence-electron chi connectivity index (χ3n) is 7.02. The summed E-state index contributed by atoms with van der Waals surface area (Å²) in [6.07, 6.45) is -0.910. The number of rotatable bonds is 5. The Hall–Kier alpha value is -4.25. The van der Waals surface area contributed by atoms with Gasteiger partial charge in [-0.2, -0.15) is 0 Å².